The summed E-state index contributed by atoms with van der Waals surface area (Å²) in [4.78, 5) is 27.6. The molecule has 2 amide bonds. The highest BCUT2D eigenvalue weighted by atomic mass is 19.1. The monoisotopic (exact) mass is 484 g/mol. The molecule has 2 heterocycles. The first-order valence-electron chi connectivity index (χ1n) is 11.0. The molecule has 2 N–H and O–H groups in total. The molecule has 184 valence electrons. The van der Waals surface area contributed by atoms with Gasteiger partial charge in [0.2, 0.25) is 5.91 Å². The van der Waals surface area contributed by atoms with Crippen molar-refractivity contribution in [1.82, 2.24) is 9.78 Å². The van der Waals surface area contributed by atoms with Gasteiger partial charge in [-0.25, -0.2) is 13.6 Å². The summed E-state index contributed by atoms with van der Waals surface area (Å²) < 4.78 is 30.1. The van der Waals surface area contributed by atoms with Crippen LogP contribution in [0.15, 0.2) is 48.8 Å². The zero-order valence-corrected chi connectivity index (χ0v) is 19.7. The lowest BCUT2D eigenvalue weighted by Gasteiger charge is -2.46. The van der Waals surface area contributed by atoms with Crippen LogP contribution in [0.1, 0.15) is 39.3 Å². The molecule has 0 spiro atoms. The summed E-state index contributed by atoms with van der Waals surface area (Å²) in [5, 5.41) is 24.1. The first-order valence-corrected chi connectivity index (χ1v) is 11.0. The van der Waals surface area contributed by atoms with Crippen molar-refractivity contribution in [3.63, 3.8) is 0 Å². The Balaban J connectivity index is 1.90. The first-order chi connectivity index (χ1) is 16.5. The minimum Gasteiger partial charge on any atom is -0.465 e. The van der Waals surface area contributed by atoms with Gasteiger partial charge in [0, 0.05) is 30.3 Å². The van der Waals surface area contributed by atoms with Crippen LogP contribution >= 0.6 is 0 Å². The van der Waals surface area contributed by atoms with Crippen LogP contribution in [-0.4, -0.2) is 44.6 Å². The van der Waals surface area contributed by atoms with Crippen LogP contribution < -0.4 is 9.80 Å². The minimum absolute atomic E-state index is 0.0406. The zero-order valence-electron chi connectivity index (χ0n) is 19.7. The summed E-state index contributed by atoms with van der Waals surface area (Å²) in [5.41, 5.74) is 1.14. The molecule has 1 aliphatic heterocycles. The van der Waals surface area contributed by atoms with Gasteiger partial charge in [-0.05, 0) is 44.5 Å². The molecule has 3 aromatic rings. The number of amides is 2. The Kier molecular flexibility index (Phi) is 6.10. The fourth-order valence-corrected chi connectivity index (χ4v) is 4.52. The van der Waals surface area contributed by atoms with Crippen molar-refractivity contribution in [2.24, 2.45) is 0 Å². The number of aromatic nitrogens is 2. The maximum atomic E-state index is 14.8. The van der Waals surface area contributed by atoms with E-state index in [-0.39, 0.29) is 23.8 Å². The molecule has 2 aromatic carbocycles. The molecule has 1 aromatic heterocycles. The number of nitrogens with zero attached hydrogens (tertiary/aromatic N) is 4. The molecule has 0 fully saturated rings. The number of rotatable bonds is 4. The molecule has 4 rings (SSSR count). The van der Waals surface area contributed by atoms with Crippen molar-refractivity contribution in [1.29, 1.82) is 0 Å². The van der Waals surface area contributed by atoms with Crippen LogP contribution in [-0.2, 0) is 10.3 Å². The molecule has 2 atom stereocenters. The van der Waals surface area contributed by atoms with Gasteiger partial charge in [-0.1, -0.05) is 12.1 Å². The maximum absolute atomic E-state index is 14.8. The molecule has 1 unspecified atom stereocenters. The smallest absolute Gasteiger partial charge is 0.412 e. The van der Waals surface area contributed by atoms with Crippen molar-refractivity contribution < 1.29 is 28.6 Å². The van der Waals surface area contributed by atoms with E-state index in [9.17, 15) is 28.6 Å². The van der Waals surface area contributed by atoms with Crippen LogP contribution in [0.5, 0.6) is 0 Å². The molecular formula is C25H26F2N4O4. The Labute approximate surface area is 201 Å². The van der Waals surface area contributed by atoms with E-state index < -0.39 is 35.4 Å². The predicted octanol–water partition coefficient (Wildman–Crippen LogP) is 4.54. The third-order valence-corrected chi connectivity index (χ3v) is 6.39. The highest BCUT2D eigenvalue weighted by Crippen LogP contribution is 2.46. The van der Waals surface area contributed by atoms with Crippen molar-refractivity contribution >= 4 is 23.4 Å². The summed E-state index contributed by atoms with van der Waals surface area (Å²) in [7, 11) is 0. The van der Waals surface area contributed by atoms with Gasteiger partial charge in [0.15, 0.2) is 0 Å². The van der Waals surface area contributed by atoms with E-state index in [2.05, 4.69) is 5.10 Å². The van der Waals surface area contributed by atoms with E-state index >= 15 is 0 Å². The molecule has 0 aliphatic carbocycles. The second-order valence-corrected chi connectivity index (χ2v) is 9.24. The number of hydrogen-bond acceptors (Lipinski definition) is 4. The number of aliphatic hydroxyl groups is 1. The largest absolute Gasteiger partial charge is 0.465 e. The van der Waals surface area contributed by atoms with E-state index in [1.807, 2.05) is 13.8 Å². The average Bonchev–Trinajstić information content (AvgIpc) is 3.29. The highest BCUT2D eigenvalue weighted by Gasteiger charge is 2.43. The van der Waals surface area contributed by atoms with Crippen LogP contribution in [0.4, 0.5) is 25.0 Å². The van der Waals surface area contributed by atoms with Gasteiger partial charge in [0.1, 0.15) is 11.6 Å². The lowest BCUT2D eigenvalue weighted by molar-refractivity contribution is -0.117. The van der Waals surface area contributed by atoms with E-state index in [0.29, 0.717) is 22.9 Å². The van der Waals surface area contributed by atoms with Crippen LogP contribution in [0.3, 0.4) is 0 Å². The molecule has 0 saturated carbocycles. The number of halogens is 2. The summed E-state index contributed by atoms with van der Waals surface area (Å²) in [6.07, 6.45) is 1.98. The number of carboxylic acid groups (broad SMARTS) is 1. The summed E-state index contributed by atoms with van der Waals surface area (Å²) >= 11 is 0. The third kappa shape index (κ3) is 4.14. The molecule has 35 heavy (non-hydrogen) atoms. The standard InChI is InChI=1S/C25H26F2N4O4/c1-14-23(19-7-6-18(26)10-20(19)27)31(24(34)35)22-9-16(5-8-21(22)30(14)15(2)33)17-11-28-29(12-17)25(3,4)13-32/h5-12,14,23,32H,13H2,1-4H3,(H,34,35)/t14-,23?/m0/s1. The van der Waals surface area contributed by atoms with Crippen molar-refractivity contribution in [3.05, 3.63) is 66.0 Å². The Hall–Kier alpha value is -3.79. The number of hydrogen-bond donors (Lipinski definition) is 2. The van der Waals surface area contributed by atoms with E-state index in [1.165, 1.54) is 17.9 Å². The van der Waals surface area contributed by atoms with E-state index in [4.69, 9.17) is 0 Å². The lowest BCUT2D eigenvalue weighted by atomic mass is 9.91. The van der Waals surface area contributed by atoms with Crippen LogP contribution in [0.2, 0.25) is 0 Å². The van der Waals surface area contributed by atoms with E-state index in [1.54, 1.807) is 42.2 Å². The Morgan fingerprint density at radius 1 is 1.06 bits per heavy atom. The Morgan fingerprint density at radius 3 is 2.37 bits per heavy atom. The van der Waals surface area contributed by atoms with Gasteiger partial charge in [-0.2, -0.15) is 5.10 Å². The van der Waals surface area contributed by atoms with E-state index in [0.717, 1.165) is 11.0 Å². The quantitative estimate of drug-likeness (QED) is 0.567. The predicted molar refractivity (Wildman–Crippen MR) is 126 cm³/mol. The Bertz CT molecular complexity index is 1310. The highest BCUT2D eigenvalue weighted by molar-refractivity contribution is 6.03. The third-order valence-electron chi connectivity index (χ3n) is 6.39. The molecule has 0 radical (unpaired) electrons. The molecule has 0 saturated heterocycles. The molecule has 1 aliphatic rings. The van der Waals surface area contributed by atoms with Crippen molar-refractivity contribution in [2.75, 3.05) is 16.4 Å². The SMILES string of the molecule is CC(=O)N1c2ccc(-c3cnn(C(C)(C)CO)c3)cc2N(C(=O)O)C(c2ccc(F)cc2F)[C@@H]1C. The average molecular weight is 485 g/mol. The number of benzene rings is 2. The topological polar surface area (TPSA) is 98.9 Å². The summed E-state index contributed by atoms with van der Waals surface area (Å²) in [6.45, 7) is 6.47. The van der Waals surface area contributed by atoms with Crippen molar-refractivity contribution in [3.8, 4) is 11.1 Å². The fraction of sp³-hybridized carbons (Fsp3) is 0.320. The van der Waals surface area contributed by atoms with Crippen LogP contribution in [0, 0.1) is 11.6 Å². The number of aliphatic hydroxyl groups excluding tert-OH is 1. The number of anilines is 2. The molecule has 10 heteroatoms. The lowest BCUT2D eigenvalue weighted by Crippen LogP contribution is -2.53. The normalized spacial score (nSPS) is 17.9. The van der Waals surface area contributed by atoms with Gasteiger partial charge in [0.25, 0.3) is 0 Å². The number of carbonyl (C=O) groups excluding carboxylic acids is 1. The fourth-order valence-electron chi connectivity index (χ4n) is 4.52. The Morgan fingerprint density at radius 2 is 1.77 bits per heavy atom. The van der Waals surface area contributed by atoms with Gasteiger partial charge in [0.05, 0.1) is 41.8 Å². The zero-order chi connectivity index (χ0) is 25.7. The van der Waals surface area contributed by atoms with Gasteiger partial charge >= 0.3 is 6.09 Å². The van der Waals surface area contributed by atoms with Crippen molar-refractivity contribution in [2.45, 2.75) is 45.3 Å². The maximum Gasteiger partial charge on any atom is 0.412 e. The van der Waals surface area contributed by atoms with Gasteiger partial charge < -0.3 is 15.1 Å². The molecular weight excluding hydrogens is 458 g/mol. The second-order valence-electron chi connectivity index (χ2n) is 9.24. The number of fused-ring (bicyclic) bond motifs is 1. The van der Waals surface area contributed by atoms with Crippen LogP contribution in [0.25, 0.3) is 11.1 Å². The van der Waals surface area contributed by atoms with Gasteiger partial charge in [-0.15, -0.1) is 0 Å². The molecule has 8 nitrogen and oxygen atoms in total. The minimum atomic E-state index is -1.34. The summed E-state index contributed by atoms with van der Waals surface area (Å²) in [6, 6.07) is 6.07. The molecule has 0 bridgehead atoms. The van der Waals surface area contributed by atoms with Gasteiger partial charge in [-0.3, -0.25) is 14.4 Å². The first kappa shape index (κ1) is 24.3. The number of carbonyl (C=O) groups is 2. The second kappa shape index (κ2) is 8.77. The summed E-state index contributed by atoms with van der Waals surface area (Å²) in [5.74, 6) is -2.03.